The van der Waals surface area contributed by atoms with Crippen molar-refractivity contribution in [2.24, 2.45) is 5.73 Å². The molecule has 0 fully saturated rings. The van der Waals surface area contributed by atoms with Gasteiger partial charge in [0.1, 0.15) is 0 Å². The number of hydrogen-bond donors (Lipinski definition) is 1. The number of hydrogen-bond acceptors (Lipinski definition) is 2. The quantitative estimate of drug-likeness (QED) is 0.755. The number of benzene rings is 1. The smallest absolute Gasteiger partial charge is 0.409 e. The Morgan fingerprint density at radius 3 is 2.62 bits per heavy atom. The topological polar surface area (TPSA) is 52.3 Å². The van der Waals surface area contributed by atoms with Crippen molar-refractivity contribution in [1.29, 1.82) is 0 Å². The van der Waals surface area contributed by atoms with Crippen LogP contribution in [0.5, 0.6) is 5.75 Å². The molecule has 0 aliphatic carbocycles. The maximum Gasteiger partial charge on any atom is 0.410 e. The summed E-state index contributed by atoms with van der Waals surface area (Å²) in [5.74, 6) is 0.312. The van der Waals surface area contributed by atoms with Crippen molar-refractivity contribution >= 4 is 17.7 Å². The fourth-order valence-corrected chi connectivity index (χ4v) is 1.24. The third-order valence-electron chi connectivity index (χ3n) is 1.58. The van der Waals surface area contributed by atoms with E-state index in [-0.39, 0.29) is 0 Å². The second kappa shape index (κ2) is 3.66. The predicted molar refractivity (Wildman–Crippen MR) is 51.1 cm³/mol. The van der Waals surface area contributed by atoms with Crippen LogP contribution in [-0.4, -0.2) is 6.09 Å². The number of nitrogens with two attached hydrogens (primary N) is 1. The highest BCUT2D eigenvalue weighted by Gasteiger charge is 2.07. The number of halogens is 1. The van der Waals surface area contributed by atoms with E-state index in [9.17, 15) is 4.79 Å². The molecule has 70 valence electrons. The van der Waals surface area contributed by atoms with Crippen LogP contribution < -0.4 is 10.5 Å². The largest absolute Gasteiger partial charge is 0.410 e. The molecular formula is C9H10ClNO2. The Balaban J connectivity index is 3.12. The van der Waals surface area contributed by atoms with Crippen molar-refractivity contribution in [2.45, 2.75) is 13.8 Å². The van der Waals surface area contributed by atoms with Gasteiger partial charge in [-0.2, -0.15) is 0 Å². The Morgan fingerprint density at radius 2 is 2.08 bits per heavy atom. The highest BCUT2D eigenvalue weighted by Crippen LogP contribution is 2.29. The van der Waals surface area contributed by atoms with Gasteiger partial charge in [-0.25, -0.2) is 4.79 Å². The van der Waals surface area contributed by atoms with E-state index in [0.29, 0.717) is 10.8 Å². The maximum absolute atomic E-state index is 10.5. The van der Waals surface area contributed by atoms with Crippen molar-refractivity contribution in [3.63, 3.8) is 0 Å². The second-order valence-corrected chi connectivity index (χ2v) is 3.19. The molecular weight excluding hydrogens is 190 g/mol. The first-order chi connectivity index (χ1) is 6.00. The van der Waals surface area contributed by atoms with E-state index in [1.54, 1.807) is 6.07 Å². The van der Waals surface area contributed by atoms with Crippen LogP contribution in [0.25, 0.3) is 0 Å². The first-order valence-corrected chi connectivity index (χ1v) is 4.12. The molecule has 0 bridgehead atoms. The lowest BCUT2D eigenvalue weighted by atomic mass is 10.1. The molecule has 2 N–H and O–H groups in total. The normalized spacial score (nSPS) is 9.77. The van der Waals surface area contributed by atoms with Crippen LogP contribution >= 0.6 is 11.6 Å². The Bertz CT molecular complexity index is 350. The number of aryl methyl sites for hydroxylation is 2. The zero-order valence-corrected chi connectivity index (χ0v) is 8.18. The molecule has 0 aromatic heterocycles. The number of rotatable bonds is 1. The minimum absolute atomic E-state index is 0.312. The minimum atomic E-state index is -0.855. The molecule has 0 aliphatic rings. The van der Waals surface area contributed by atoms with E-state index in [4.69, 9.17) is 22.1 Å². The van der Waals surface area contributed by atoms with Crippen molar-refractivity contribution in [1.82, 2.24) is 0 Å². The zero-order chi connectivity index (χ0) is 10.0. The number of carbonyl (C=O) groups excluding carboxylic acids is 1. The predicted octanol–water partition coefficient (Wildman–Crippen LogP) is 2.41. The van der Waals surface area contributed by atoms with Crippen LogP contribution in [0.3, 0.4) is 0 Å². The molecule has 13 heavy (non-hydrogen) atoms. The van der Waals surface area contributed by atoms with Crippen LogP contribution in [0.2, 0.25) is 5.02 Å². The Kier molecular flexibility index (Phi) is 2.78. The first-order valence-electron chi connectivity index (χ1n) is 3.74. The molecule has 0 aliphatic heterocycles. The lowest BCUT2D eigenvalue weighted by molar-refractivity contribution is 0.211. The van der Waals surface area contributed by atoms with Gasteiger partial charge in [0.2, 0.25) is 0 Å². The molecule has 0 radical (unpaired) electrons. The zero-order valence-electron chi connectivity index (χ0n) is 7.43. The molecule has 0 atom stereocenters. The van der Waals surface area contributed by atoms with Gasteiger partial charge >= 0.3 is 6.09 Å². The van der Waals surface area contributed by atoms with Gasteiger partial charge in [0.05, 0.1) is 5.02 Å². The fraction of sp³-hybridized carbons (Fsp3) is 0.222. The molecule has 1 amide bonds. The van der Waals surface area contributed by atoms with Gasteiger partial charge in [-0.05, 0) is 31.0 Å². The molecule has 0 saturated heterocycles. The van der Waals surface area contributed by atoms with Crippen molar-refractivity contribution in [3.05, 3.63) is 28.3 Å². The lowest BCUT2D eigenvalue weighted by Crippen LogP contribution is -2.16. The first kappa shape index (κ1) is 9.86. The van der Waals surface area contributed by atoms with Gasteiger partial charge < -0.3 is 10.5 Å². The van der Waals surface area contributed by atoms with E-state index >= 15 is 0 Å². The van der Waals surface area contributed by atoms with Gasteiger partial charge in [-0.1, -0.05) is 17.7 Å². The van der Waals surface area contributed by atoms with E-state index in [1.165, 1.54) is 0 Å². The molecule has 1 rings (SSSR count). The van der Waals surface area contributed by atoms with Gasteiger partial charge in [0, 0.05) is 0 Å². The van der Waals surface area contributed by atoms with Gasteiger partial charge in [-0.3, -0.25) is 0 Å². The summed E-state index contributed by atoms with van der Waals surface area (Å²) in [6.07, 6.45) is -0.855. The molecule has 0 heterocycles. The summed E-state index contributed by atoms with van der Waals surface area (Å²) >= 11 is 5.88. The number of amides is 1. The van der Waals surface area contributed by atoms with E-state index in [1.807, 2.05) is 19.9 Å². The third-order valence-corrected chi connectivity index (χ3v) is 2.06. The molecule has 1 aromatic rings. The fourth-order valence-electron chi connectivity index (χ4n) is 1.09. The molecule has 0 spiro atoms. The maximum atomic E-state index is 10.5. The number of primary amides is 1. The third kappa shape index (κ3) is 2.36. The summed E-state index contributed by atoms with van der Waals surface area (Å²) in [4.78, 5) is 10.5. The standard InChI is InChI=1S/C9H10ClNO2/c1-5-3-6(2)8(10)7(4-5)13-9(11)12/h3-4H,1-2H3,(H2,11,12). The number of carbonyl (C=O) groups is 1. The van der Waals surface area contributed by atoms with Crippen LogP contribution in [0.1, 0.15) is 11.1 Å². The van der Waals surface area contributed by atoms with Crippen molar-refractivity contribution < 1.29 is 9.53 Å². The molecule has 1 aromatic carbocycles. The summed E-state index contributed by atoms with van der Waals surface area (Å²) in [5, 5.41) is 0.421. The summed E-state index contributed by atoms with van der Waals surface area (Å²) in [6.45, 7) is 3.72. The molecule has 4 heteroatoms. The lowest BCUT2D eigenvalue weighted by Gasteiger charge is -2.06. The Hall–Kier alpha value is -1.22. The van der Waals surface area contributed by atoms with Crippen molar-refractivity contribution in [3.8, 4) is 5.75 Å². The SMILES string of the molecule is Cc1cc(C)c(Cl)c(OC(N)=O)c1. The van der Waals surface area contributed by atoms with Gasteiger partial charge in [0.15, 0.2) is 5.75 Å². The number of ether oxygens (including phenoxy) is 1. The Labute approximate surface area is 81.4 Å². The monoisotopic (exact) mass is 199 g/mol. The van der Waals surface area contributed by atoms with Crippen LogP contribution in [-0.2, 0) is 0 Å². The molecule has 0 saturated carbocycles. The average molecular weight is 200 g/mol. The summed E-state index contributed by atoms with van der Waals surface area (Å²) in [6, 6.07) is 3.57. The summed E-state index contributed by atoms with van der Waals surface area (Å²) < 4.78 is 4.71. The Morgan fingerprint density at radius 1 is 1.46 bits per heavy atom. The van der Waals surface area contributed by atoms with Crippen LogP contribution in [0.15, 0.2) is 12.1 Å². The minimum Gasteiger partial charge on any atom is -0.409 e. The summed E-state index contributed by atoms with van der Waals surface area (Å²) in [7, 11) is 0. The van der Waals surface area contributed by atoms with Crippen LogP contribution in [0.4, 0.5) is 4.79 Å². The molecule has 0 unspecified atom stereocenters. The summed E-state index contributed by atoms with van der Waals surface area (Å²) in [5.41, 5.74) is 6.70. The molecule has 3 nitrogen and oxygen atoms in total. The highest BCUT2D eigenvalue weighted by molar-refractivity contribution is 6.32. The van der Waals surface area contributed by atoms with Crippen LogP contribution in [0, 0.1) is 13.8 Å². The highest BCUT2D eigenvalue weighted by atomic mass is 35.5. The second-order valence-electron chi connectivity index (χ2n) is 2.82. The van der Waals surface area contributed by atoms with E-state index in [0.717, 1.165) is 11.1 Å². The van der Waals surface area contributed by atoms with Gasteiger partial charge in [-0.15, -0.1) is 0 Å². The average Bonchev–Trinajstić information content (AvgIpc) is 1.98. The van der Waals surface area contributed by atoms with Gasteiger partial charge in [0.25, 0.3) is 0 Å². The van der Waals surface area contributed by atoms with Crippen molar-refractivity contribution in [2.75, 3.05) is 0 Å². The van der Waals surface area contributed by atoms with E-state index < -0.39 is 6.09 Å². The van der Waals surface area contributed by atoms with E-state index in [2.05, 4.69) is 0 Å².